The second-order valence-electron chi connectivity index (χ2n) is 5.10. The Morgan fingerprint density at radius 3 is 2.79 bits per heavy atom. The summed E-state index contributed by atoms with van der Waals surface area (Å²) < 4.78 is 0. The van der Waals surface area contributed by atoms with Gasteiger partial charge in [-0.1, -0.05) is 25.4 Å². The molecular weight excluding hydrogens is 260 g/mol. The molecule has 1 heterocycles. The third-order valence-corrected chi connectivity index (χ3v) is 4.50. The SMILES string of the molecule is CC[C@@H]1N(c2ccc(C#N)c(Cl)c2)CC[C@@]1(O)CC. The van der Waals surface area contributed by atoms with Crippen molar-refractivity contribution in [1.82, 2.24) is 0 Å². The van der Waals surface area contributed by atoms with Crippen LogP contribution in [-0.2, 0) is 0 Å². The van der Waals surface area contributed by atoms with Crippen LogP contribution in [0.15, 0.2) is 18.2 Å². The van der Waals surface area contributed by atoms with Crippen molar-refractivity contribution in [3.8, 4) is 6.07 Å². The Kier molecular flexibility index (Phi) is 4.03. The molecule has 1 aromatic carbocycles. The minimum Gasteiger partial charge on any atom is -0.388 e. The fourth-order valence-electron chi connectivity index (χ4n) is 3.02. The number of halogens is 1. The van der Waals surface area contributed by atoms with Gasteiger partial charge in [0.05, 0.1) is 22.2 Å². The van der Waals surface area contributed by atoms with Gasteiger partial charge < -0.3 is 10.0 Å². The van der Waals surface area contributed by atoms with Crippen LogP contribution in [0.25, 0.3) is 0 Å². The van der Waals surface area contributed by atoms with Gasteiger partial charge in [-0.05, 0) is 37.5 Å². The molecule has 4 heteroatoms. The zero-order chi connectivity index (χ0) is 14.0. The Morgan fingerprint density at radius 2 is 2.26 bits per heavy atom. The second kappa shape index (κ2) is 5.40. The predicted octanol–water partition coefficient (Wildman–Crippen LogP) is 3.34. The van der Waals surface area contributed by atoms with Crippen LogP contribution in [0.3, 0.4) is 0 Å². The molecule has 1 N–H and O–H groups in total. The molecular formula is C15H19ClN2O. The molecule has 1 fully saturated rings. The highest BCUT2D eigenvalue weighted by molar-refractivity contribution is 6.32. The van der Waals surface area contributed by atoms with E-state index in [1.54, 1.807) is 6.07 Å². The topological polar surface area (TPSA) is 47.3 Å². The summed E-state index contributed by atoms with van der Waals surface area (Å²) in [6.45, 7) is 4.94. The molecule has 0 bridgehead atoms. The van der Waals surface area contributed by atoms with Crippen molar-refractivity contribution in [1.29, 1.82) is 5.26 Å². The highest BCUT2D eigenvalue weighted by Crippen LogP contribution is 2.37. The lowest BCUT2D eigenvalue weighted by molar-refractivity contribution is 0.0268. The summed E-state index contributed by atoms with van der Waals surface area (Å²) in [5.74, 6) is 0. The lowest BCUT2D eigenvalue weighted by Crippen LogP contribution is -2.43. The Hall–Kier alpha value is -1.24. The van der Waals surface area contributed by atoms with Gasteiger partial charge in [0.1, 0.15) is 6.07 Å². The largest absolute Gasteiger partial charge is 0.388 e. The zero-order valence-corrected chi connectivity index (χ0v) is 12.1. The summed E-state index contributed by atoms with van der Waals surface area (Å²) in [5.41, 5.74) is 0.860. The van der Waals surface area contributed by atoms with Crippen LogP contribution in [-0.4, -0.2) is 23.3 Å². The number of hydrogen-bond acceptors (Lipinski definition) is 3. The summed E-state index contributed by atoms with van der Waals surface area (Å²) in [5, 5.41) is 20.0. The summed E-state index contributed by atoms with van der Waals surface area (Å²) in [6.07, 6.45) is 2.42. The number of hydrogen-bond donors (Lipinski definition) is 1. The number of nitrogens with zero attached hydrogens (tertiary/aromatic N) is 2. The van der Waals surface area contributed by atoms with E-state index in [4.69, 9.17) is 16.9 Å². The summed E-state index contributed by atoms with van der Waals surface area (Å²) in [4.78, 5) is 2.20. The number of benzene rings is 1. The van der Waals surface area contributed by atoms with Gasteiger partial charge in [-0.2, -0.15) is 5.26 Å². The maximum absolute atomic E-state index is 10.6. The van der Waals surface area contributed by atoms with Crippen molar-refractivity contribution in [2.45, 2.75) is 44.8 Å². The van der Waals surface area contributed by atoms with Crippen LogP contribution in [0.1, 0.15) is 38.7 Å². The Balaban J connectivity index is 2.33. The summed E-state index contributed by atoms with van der Waals surface area (Å²) >= 11 is 6.09. The van der Waals surface area contributed by atoms with Gasteiger partial charge in [-0.3, -0.25) is 0 Å². The van der Waals surface area contributed by atoms with Gasteiger partial charge in [-0.15, -0.1) is 0 Å². The lowest BCUT2D eigenvalue weighted by atomic mass is 9.90. The van der Waals surface area contributed by atoms with Crippen molar-refractivity contribution in [2.24, 2.45) is 0 Å². The van der Waals surface area contributed by atoms with Crippen molar-refractivity contribution >= 4 is 17.3 Å². The fourth-order valence-corrected chi connectivity index (χ4v) is 3.24. The van der Waals surface area contributed by atoms with Crippen molar-refractivity contribution in [3.05, 3.63) is 28.8 Å². The summed E-state index contributed by atoms with van der Waals surface area (Å²) in [6, 6.07) is 7.66. The molecule has 3 nitrogen and oxygen atoms in total. The molecule has 1 aliphatic rings. The first-order chi connectivity index (χ1) is 9.05. The maximum Gasteiger partial charge on any atom is 0.101 e. The van der Waals surface area contributed by atoms with Crippen molar-refractivity contribution in [2.75, 3.05) is 11.4 Å². The normalized spacial score (nSPS) is 26.5. The highest BCUT2D eigenvalue weighted by Gasteiger charge is 2.43. The Labute approximate surface area is 119 Å². The van der Waals surface area contributed by atoms with Crippen LogP contribution in [0.4, 0.5) is 5.69 Å². The maximum atomic E-state index is 10.6. The third-order valence-electron chi connectivity index (χ3n) is 4.19. The van der Waals surface area contributed by atoms with Crippen LogP contribution >= 0.6 is 11.6 Å². The van der Waals surface area contributed by atoms with E-state index in [0.29, 0.717) is 10.6 Å². The van der Waals surface area contributed by atoms with Gasteiger partial charge in [0, 0.05) is 12.2 Å². The van der Waals surface area contributed by atoms with Gasteiger partial charge in [0.25, 0.3) is 0 Å². The van der Waals surface area contributed by atoms with E-state index in [9.17, 15) is 5.11 Å². The van der Waals surface area contributed by atoms with Crippen molar-refractivity contribution in [3.63, 3.8) is 0 Å². The van der Waals surface area contributed by atoms with Crippen LogP contribution in [0.2, 0.25) is 5.02 Å². The van der Waals surface area contributed by atoms with Gasteiger partial charge in [0.2, 0.25) is 0 Å². The predicted molar refractivity (Wildman–Crippen MR) is 77.4 cm³/mol. The molecule has 0 unspecified atom stereocenters. The highest BCUT2D eigenvalue weighted by atomic mass is 35.5. The Bertz CT molecular complexity index is 511. The fraction of sp³-hybridized carbons (Fsp3) is 0.533. The standard InChI is InChI=1S/C15H19ClN2O/c1-3-14-15(19,4-2)7-8-18(14)12-6-5-11(10-17)13(16)9-12/h5-6,9,14,19H,3-4,7-8H2,1-2H3/t14-,15-/m0/s1. The zero-order valence-electron chi connectivity index (χ0n) is 11.4. The molecule has 1 aromatic rings. The first-order valence-corrected chi connectivity index (χ1v) is 7.12. The minimum absolute atomic E-state index is 0.113. The third kappa shape index (κ3) is 2.43. The molecule has 0 radical (unpaired) electrons. The quantitative estimate of drug-likeness (QED) is 0.922. The van der Waals surface area contributed by atoms with Crippen LogP contribution < -0.4 is 4.90 Å². The van der Waals surface area contributed by atoms with E-state index in [2.05, 4.69) is 17.9 Å². The molecule has 2 rings (SSSR count). The minimum atomic E-state index is -0.616. The van der Waals surface area contributed by atoms with E-state index in [0.717, 1.165) is 31.5 Å². The lowest BCUT2D eigenvalue weighted by Gasteiger charge is -2.34. The smallest absolute Gasteiger partial charge is 0.101 e. The molecule has 2 atom stereocenters. The molecule has 1 aliphatic heterocycles. The van der Waals surface area contributed by atoms with Crippen LogP contribution in [0, 0.1) is 11.3 Å². The van der Waals surface area contributed by atoms with Crippen molar-refractivity contribution < 1.29 is 5.11 Å². The second-order valence-corrected chi connectivity index (χ2v) is 5.51. The molecule has 102 valence electrons. The average molecular weight is 279 g/mol. The van der Waals surface area contributed by atoms with Gasteiger partial charge >= 0.3 is 0 Å². The average Bonchev–Trinajstić information content (AvgIpc) is 2.76. The van der Waals surface area contributed by atoms with Gasteiger partial charge in [0.15, 0.2) is 0 Å². The molecule has 0 aromatic heterocycles. The van der Waals surface area contributed by atoms with E-state index in [-0.39, 0.29) is 6.04 Å². The molecule has 0 saturated carbocycles. The first-order valence-electron chi connectivity index (χ1n) is 6.74. The number of anilines is 1. The number of nitriles is 1. The monoisotopic (exact) mass is 278 g/mol. The van der Waals surface area contributed by atoms with E-state index in [1.807, 2.05) is 19.1 Å². The van der Waals surface area contributed by atoms with Crippen LogP contribution in [0.5, 0.6) is 0 Å². The van der Waals surface area contributed by atoms with E-state index >= 15 is 0 Å². The molecule has 19 heavy (non-hydrogen) atoms. The molecule has 1 saturated heterocycles. The molecule has 0 aliphatic carbocycles. The van der Waals surface area contributed by atoms with E-state index in [1.165, 1.54) is 0 Å². The van der Waals surface area contributed by atoms with E-state index < -0.39 is 5.60 Å². The van der Waals surface area contributed by atoms with Gasteiger partial charge in [-0.25, -0.2) is 0 Å². The number of rotatable bonds is 3. The number of aliphatic hydroxyl groups is 1. The molecule has 0 amide bonds. The Morgan fingerprint density at radius 1 is 1.53 bits per heavy atom. The summed E-state index contributed by atoms with van der Waals surface area (Å²) in [7, 11) is 0. The first kappa shape index (κ1) is 14.2. The molecule has 0 spiro atoms.